The van der Waals surface area contributed by atoms with Gasteiger partial charge in [0.15, 0.2) is 17.5 Å². The van der Waals surface area contributed by atoms with Gasteiger partial charge in [0.05, 0.1) is 30.2 Å². The number of fused-ring (bicyclic) bond motifs is 3. The lowest BCUT2D eigenvalue weighted by Crippen LogP contribution is -2.83. The maximum absolute atomic E-state index is 14.5. The number of nitrogens with zero attached hydrogens (tertiary/aromatic N) is 1. The van der Waals surface area contributed by atoms with Crippen LogP contribution in [-0.2, 0) is 6.54 Å². The quantitative estimate of drug-likeness (QED) is 0.749. The van der Waals surface area contributed by atoms with E-state index >= 15 is 0 Å². The van der Waals surface area contributed by atoms with Crippen LogP contribution in [0.15, 0.2) is 54.7 Å². The maximum Gasteiger partial charge on any atom is 0.163 e. The van der Waals surface area contributed by atoms with Gasteiger partial charge in [-0.3, -0.25) is 0 Å². The smallest absolute Gasteiger partial charge is 0.163 e. The van der Waals surface area contributed by atoms with E-state index in [-0.39, 0.29) is 11.9 Å². The fourth-order valence-electron chi connectivity index (χ4n) is 3.76. The van der Waals surface area contributed by atoms with Crippen molar-refractivity contribution in [2.45, 2.75) is 26.4 Å². The Kier molecular flexibility index (Phi) is 4.86. The summed E-state index contributed by atoms with van der Waals surface area (Å²) in [5.74, 6) is 1.31. The molecule has 2 N–H and O–H groups in total. The number of rotatable bonds is 5. The highest BCUT2D eigenvalue weighted by molar-refractivity contribution is 5.56. The van der Waals surface area contributed by atoms with Crippen LogP contribution in [0.5, 0.6) is 11.5 Å². The second kappa shape index (κ2) is 7.45. The Morgan fingerprint density at radius 2 is 1.78 bits per heavy atom. The molecule has 140 valence electrons. The van der Waals surface area contributed by atoms with Gasteiger partial charge in [-0.1, -0.05) is 12.1 Å². The van der Waals surface area contributed by atoms with Crippen LogP contribution in [0.3, 0.4) is 0 Å². The van der Waals surface area contributed by atoms with E-state index in [1.54, 1.807) is 6.07 Å². The zero-order valence-corrected chi connectivity index (χ0v) is 15.6. The molecule has 0 spiro atoms. The second-order valence-corrected chi connectivity index (χ2v) is 6.54. The van der Waals surface area contributed by atoms with Crippen molar-refractivity contribution in [2.75, 3.05) is 13.2 Å². The lowest BCUT2D eigenvalue weighted by atomic mass is 10.0. The summed E-state index contributed by atoms with van der Waals surface area (Å²) in [7, 11) is 0. The van der Waals surface area contributed by atoms with E-state index in [0.717, 1.165) is 35.0 Å². The fraction of sp³-hybridized carbons (Fsp3) is 0.273. The standard InChI is InChI=1S/C22H23FN2O2/c1-3-26-20-12-15-14-24-22(16-8-5-6-9-17(16)23)18-10-7-11-25(18)19(15)13-21(20)27-4-2/h5-13,22,24H,3-4,14H2,1-2H3/p+1. The number of benzene rings is 2. The van der Waals surface area contributed by atoms with Gasteiger partial charge in [-0.25, -0.2) is 4.39 Å². The Morgan fingerprint density at radius 1 is 1.04 bits per heavy atom. The Morgan fingerprint density at radius 3 is 2.52 bits per heavy atom. The van der Waals surface area contributed by atoms with Crippen molar-refractivity contribution >= 4 is 0 Å². The first-order chi connectivity index (χ1) is 13.2. The molecule has 2 aromatic carbocycles. The molecule has 1 unspecified atom stereocenters. The lowest BCUT2D eigenvalue weighted by Gasteiger charge is -2.16. The van der Waals surface area contributed by atoms with Gasteiger partial charge in [0.2, 0.25) is 0 Å². The molecule has 27 heavy (non-hydrogen) atoms. The summed E-state index contributed by atoms with van der Waals surface area (Å²) in [6.07, 6.45) is 2.03. The van der Waals surface area contributed by atoms with Crippen LogP contribution in [0, 0.1) is 5.82 Å². The van der Waals surface area contributed by atoms with E-state index in [9.17, 15) is 4.39 Å². The summed E-state index contributed by atoms with van der Waals surface area (Å²) in [5.41, 5.74) is 3.93. The summed E-state index contributed by atoms with van der Waals surface area (Å²) >= 11 is 0. The van der Waals surface area contributed by atoms with Crippen molar-refractivity contribution in [3.05, 3.63) is 77.4 Å². The molecule has 0 saturated carbocycles. The molecule has 0 fully saturated rings. The van der Waals surface area contributed by atoms with Crippen LogP contribution < -0.4 is 14.8 Å². The Hall–Kier alpha value is -2.79. The summed E-state index contributed by atoms with van der Waals surface area (Å²) in [6, 6.07) is 15.0. The number of hydrogen-bond donors (Lipinski definition) is 1. The number of halogens is 1. The first-order valence-corrected chi connectivity index (χ1v) is 9.40. The van der Waals surface area contributed by atoms with Crippen LogP contribution in [0.4, 0.5) is 4.39 Å². The monoisotopic (exact) mass is 367 g/mol. The Balaban J connectivity index is 1.84. The van der Waals surface area contributed by atoms with Crippen molar-refractivity contribution in [1.82, 2.24) is 4.57 Å². The van der Waals surface area contributed by atoms with Gasteiger partial charge in [0.25, 0.3) is 0 Å². The minimum atomic E-state index is -0.178. The van der Waals surface area contributed by atoms with Crippen LogP contribution in [0.2, 0.25) is 0 Å². The van der Waals surface area contributed by atoms with E-state index in [2.05, 4.69) is 16.0 Å². The van der Waals surface area contributed by atoms with Gasteiger partial charge in [0, 0.05) is 17.8 Å². The fourth-order valence-corrected chi connectivity index (χ4v) is 3.76. The summed E-state index contributed by atoms with van der Waals surface area (Å²) in [5, 5.41) is 2.17. The number of aromatic nitrogens is 1. The molecular formula is C22H24FN2O2+. The van der Waals surface area contributed by atoms with Gasteiger partial charge in [-0.2, -0.15) is 0 Å². The highest BCUT2D eigenvalue weighted by Crippen LogP contribution is 2.36. The average molecular weight is 367 g/mol. The normalized spacial score (nSPS) is 15.6. The molecule has 4 rings (SSSR count). The molecular weight excluding hydrogens is 343 g/mol. The largest absolute Gasteiger partial charge is 0.490 e. The lowest BCUT2D eigenvalue weighted by molar-refractivity contribution is -0.702. The van der Waals surface area contributed by atoms with Crippen LogP contribution >= 0.6 is 0 Å². The molecule has 0 bridgehead atoms. The summed E-state index contributed by atoms with van der Waals surface area (Å²) < 4.78 is 28.2. The van der Waals surface area contributed by atoms with E-state index < -0.39 is 0 Å². The molecule has 0 aliphatic carbocycles. The van der Waals surface area contributed by atoms with Crippen LogP contribution in [0.1, 0.15) is 36.7 Å². The third-order valence-corrected chi connectivity index (χ3v) is 4.92. The first-order valence-electron chi connectivity index (χ1n) is 9.40. The molecule has 1 aromatic heterocycles. The van der Waals surface area contributed by atoms with Crippen molar-refractivity contribution in [2.24, 2.45) is 0 Å². The predicted molar refractivity (Wildman–Crippen MR) is 102 cm³/mol. The highest BCUT2D eigenvalue weighted by atomic mass is 19.1. The van der Waals surface area contributed by atoms with Crippen LogP contribution in [0.25, 0.3) is 5.69 Å². The molecule has 3 aromatic rings. The minimum Gasteiger partial charge on any atom is -0.490 e. The highest BCUT2D eigenvalue weighted by Gasteiger charge is 2.29. The molecule has 0 radical (unpaired) electrons. The van der Waals surface area contributed by atoms with Gasteiger partial charge in [-0.15, -0.1) is 0 Å². The molecule has 5 heteroatoms. The Labute approximate surface area is 158 Å². The zero-order chi connectivity index (χ0) is 18.8. The molecule has 1 aliphatic heterocycles. The first kappa shape index (κ1) is 17.6. The zero-order valence-electron chi connectivity index (χ0n) is 15.6. The van der Waals surface area contributed by atoms with E-state index in [4.69, 9.17) is 9.47 Å². The predicted octanol–water partition coefficient (Wildman–Crippen LogP) is 3.58. The van der Waals surface area contributed by atoms with E-state index in [1.165, 1.54) is 6.07 Å². The van der Waals surface area contributed by atoms with Gasteiger partial charge in [-0.05, 0) is 44.2 Å². The SMILES string of the molecule is CCOc1cc2c(cc1OCC)-n1cccc1C(c1ccccc1F)[NH2+]C2. The maximum atomic E-state index is 14.5. The van der Waals surface area contributed by atoms with Crippen molar-refractivity contribution in [3.8, 4) is 17.2 Å². The Bertz CT molecular complexity index is 951. The number of ether oxygens (including phenoxy) is 2. The van der Waals surface area contributed by atoms with Gasteiger partial charge < -0.3 is 19.4 Å². The number of nitrogens with two attached hydrogens (primary N) is 1. The minimum absolute atomic E-state index is 0.111. The molecule has 2 heterocycles. The van der Waals surface area contributed by atoms with E-state index in [0.29, 0.717) is 18.8 Å². The molecule has 1 aliphatic rings. The van der Waals surface area contributed by atoms with E-state index in [1.807, 2.05) is 50.4 Å². The van der Waals surface area contributed by atoms with Crippen LogP contribution in [-0.4, -0.2) is 17.8 Å². The van der Waals surface area contributed by atoms with Crippen molar-refractivity contribution < 1.29 is 19.2 Å². The third kappa shape index (κ3) is 3.19. The second-order valence-electron chi connectivity index (χ2n) is 6.54. The van der Waals surface area contributed by atoms with Gasteiger partial charge in [0.1, 0.15) is 12.4 Å². The molecule has 0 amide bonds. The topological polar surface area (TPSA) is 40.0 Å². The van der Waals surface area contributed by atoms with Crippen molar-refractivity contribution in [3.63, 3.8) is 0 Å². The molecule has 4 nitrogen and oxygen atoms in total. The number of hydrogen-bond acceptors (Lipinski definition) is 2. The summed E-state index contributed by atoms with van der Waals surface area (Å²) in [4.78, 5) is 0. The van der Waals surface area contributed by atoms with Crippen molar-refractivity contribution in [1.29, 1.82) is 0 Å². The van der Waals surface area contributed by atoms with Gasteiger partial charge >= 0.3 is 0 Å². The summed E-state index contributed by atoms with van der Waals surface area (Å²) in [6.45, 7) is 5.80. The number of quaternary nitrogens is 1. The molecule has 1 atom stereocenters. The molecule has 0 saturated heterocycles. The average Bonchev–Trinajstić information content (AvgIpc) is 3.09. The third-order valence-electron chi connectivity index (χ3n) is 4.92.